The number of hydrogen-bond acceptors (Lipinski definition) is 0. The average Bonchev–Trinajstić information content (AvgIpc) is 3.11. The Balaban J connectivity index is 1.55. The Bertz CT molecular complexity index is 546. The number of allylic oxidation sites excluding steroid dienone is 2. The SMILES string of the molecule is CC12C=CC(C1)C1C2C2CC1(C)C1C3CCC(C)(C3)C21. The van der Waals surface area contributed by atoms with E-state index in [4.69, 9.17) is 0 Å². The van der Waals surface area contributed by atoms with Gasteiger partial charge in [-0.2, -0.15) is 0 Å². The molecule has 0 aromatic rings. The minimum Gasteiger partial charge on any atom is -0.0845 e. The zero-order valence-corrected chi connectivity index (χ0v) is 13.2. The minimum absolute atomic E-state index is 0.584. The second kappa shape index (κ2) is 2.82. The first-order valence-electron chi connectivity index (χ1n) is 9.16. The van der Waals surface area contributed by atoms with Crippen LogP contribution in [0, 0.1) is 57.7 Å². The summed E-state index contributed by atoms with van der Waals surface area (Å²) in [6.45, 7) is 8.00. The summed E-state index contributed by atoms with van der Waals surface area (Å²) in [4.78, 5) is 0. The summed E-state index contributed by atoms with van der Waals surface area (Å²) in [5.41, 5.74) is 2.04. The molecule has 5 saturated carbocycles. The topological polar surface area (TPSA) is 0 Å². The van der Waals surface area contributed by atoms with Crippen molar-refractivity contribution in [2.75, 3.05) is 0 Å². The van der Waals surface area contributed by atoms with Crippen molar-refractivity contribution in [3.05, 3.63) is 12.2 Å². The summed E-state index contributed by atoms with van der Waals surface area (Å²) < 4.78 is 0. The third kappa shape index (κ3) is 0.890. The van der Waals surface area contributed by atoms with Crippen LogP contribution < -0.4 is 0 Å². The standard InChI is InChI=1S/C20H28/c1-18-6-4-11(8-18)14-16(18)13-10-20(14,3)15-12-5-7-19(2,9-12)17(13)15/h4,6,11-17H,5,7-10H2,1-3H3. The summed E-state index contributed by atoms with van der Waals surface area (Å²) in [6, 6.07) is 0. The van der Waals surface area contributed by atoms with Gasteiger partial charge in [-0.25, -0.2) is 0 Å². The van der Waals surface area contributed by atoms with Gasteiger partial charge in [0.1, 0.15) is 0 Å². The Morgan fingerprint density at radius 3 is 2.60 bits per heavy atom. The molecule has 20 heavy (non-hydrogen) atoms. The van der Waals surface area contributed by atoms with Crippen LogP contribution in [0.25, 0.3) is 0 Å². The predicted molar refractivity (Wildman–Crippen MR) is 81.0 cm³/mol. The van der Waals surface area contributed by atoms with Crippen LogP contribution in [0.3, 0.4) is 0 Å². The van der Waals surface area contributed by atoms with Crippen molar-refractivity contribution < 1.29 is 0 Å². The van der Waals surface area contributed by atoms with Crippen molar-refractivity contribution in [2.45, 2.75) is 52.9 Å². The molecule has 6 aliphatic rings. The lowest BCUT2D eigenvalue weighted by Crippen LogP contribution is -2.48. The van der Waals surface area contributed by atoms with Crippen molar-refractivity contribution >= 4 is 0 Å². The second-order valence-electron chi connectivity index (χ2n) is 10.4. The van der Waals surface area contributed by atoms with E-state index in [1.807, 2.05) is 0 Å². The van der Waals surface area contributed by atoms with Gasteiger partial charge in [-0.15, -0.1) is 0 Å². The lowest BCUT2D eigenvalue weighted by atomic mass is 9.52. The van der Waals surface area contributed by atoms with Crippen LogP contribution in [-0.2, 0) is 0 Å². The van der Waals surface area contributed by atoms with E-state index in [0.717, 1.165) is 52.3 Å². The van der Waals surface area contributed by atoms with Gasteiger partial charge >= 0.3 is 0 Å². The molecule has 5 fully saturated rings. The highest BCUT2D eigenvalue weighted by Crippen LogP contribution is 2.84. The van der Waals surface area contributed by atoms with E-state index in [9.17, 15) is 0 Å². The molecule has 0 nitrogen and oxygen atoms in total. The van der Waals surface area contributed by atoms with E-state index in [-0.39, 0.29) is 0 Å². The molecule has 0 radical (unpaired) electrons. The third-order valence-electron chi connectivity index (χ3n) is 9.64. The van der Waals surface area contributed by atoms with Gasteiger partial charge in [-0.05, 0) is 89.8 Å². The fraction of sp³-hybridized carbons (Fsp3) is 0.900. The smallest absolute Gasteiger partial charge is 0.0107 e. The molecule has 0 heteroatoms. The lowest BCUT2D eigenvalue weighted by Gasteiger charge is -2.52. The summed E-state index contributed by atoms with van der Waals surface area (Å²) in [6.07, 6.45) is 13.0. The van der Waals surface area contributed by atoms with E-state index in [1.54, 1.807) is 25.7 Å². The fourth-order valence-corrected chi connectivity index (χ4v) is 9.68. The summed E-state index contributed by atoms with van der Waals surface area (Å²) >= 11 is 0. The van der Waals surface area contributed by atoms with Gasteiger partial charge in [-0.1, -0.05) is 32.9 Å². The summed E-state index contributed by atoms with van der Waals surface area (Å²) in [7, 11) is 0. The van der Waals surface area contributed by atoms with Crippen LogP contribution in [0.5, 0.6) is 0 Å². The van der Waals surface area contributed by atoms with Crippen LogP contribution in [0.1, 0.15) is 52.9 Å². The largest absolute Gasteiger partial charge is 0.0845 e. The molecule has 108 valence electrons. The molecule has 0 aromatic carbocycles. The quantitative estimate of drug-likeness (QED) is 0.433. The Labute approximate surface area is 123 Å². The van der Waals surface area contributed by atoms with Crippen LogP contribution in [0.2, 0.25) is 0 Å². The van der Waals surface area contributed by atoms with Crippen molar-refractivity contribution in [2.24, 2.45) is 57.7 Å². The lowest BCUT2D eigenvalue weighted by molar-refractivity contribution is -0.0365. The normalized spacial score (nSPS) is 74.7. The van der Waals surface area contributed by atoms with Crippen molar-refractivity contribution in [1.29, 1.82) is 0 Å². The van der Waals surface area contributed by atoms with Gasteiger partial charge < -0.3 is 0 Å². The zero-order valence-electron chi connectivity index (χ0n) is 13.2. The average molecular weight is 268 g/mol. The first-order chi connectivity index (χ1) is 9.46. The first-order valence-corrected chi connectivity index (χ1v) is 9.16. The molecule has 6 bridgehead atoms. The van der Waals surface area contributed by atoms with E-state index in [2.05, 4.69) is 32.9 Å². The molecule has 6 aliphatic carbocycles. The second-order valence-corrected chi connectivity index (χ2v) is 10.4. The van der Waals surface area contributed by atoms with Gasteiger partial charge in [0.05, 0.1) is 0 Å². The molecule has 10 unspecified atom stereocenters. The highest BCUT2D eigenvalue weighted by atomic mass is 14.8. The van der Waals surface area contributed by atoms with Crippen molar-refractivity contribution in [3.8, 4) is 0 Å². The maximum atomic E-state index is 2.73. The molecule has 0 heterocycles. The Hall–Kier alpha value is -0.260. The zero-order chi connectivity index (χ0) is 13.5. The minimum atomic E-state index is 0.584. The molecule has 10 atom stereocenters. The van der Waals surface area contributed by atoms with Crippen molar-refractivity contribution in [1.82, 2.24) is 0 Å². The summed E-state index contributed by atoms with van der Waals surface area (Å²) in [5, 5.41) is 0. The predicted octanol–water partition coefficient (Wildman–Crippen LogP) is 4.91. The molecule has 6 rings (SSSR count). The Kier molecular flexibility index (Phi) is 1.60. The molecule has 0 aromatic heterocycles. The molecular weight excluding hydrogens is 240 g/mol. The molecular formula is C20H28. The van der Waals surface area contributed by atoms with Crippen LogP contribution in [-0.4, -0.2) is 0 Å². The van der Waals surface area contributed by atoms with Gasteiger partial charge in [0.25, 0.3) is 0 Å². The molecule has 0 saturated heterocycles. The highest BCUT2D eigenvalue weighted by molar-refractivity contribution is 5.32. The van der Waals surface area contributed by atoms with Crippen LogP contribution in [0.15, 0.2) is 12.2 Å². The molecule has 0 amide bonds. The molecule has 0 spiro atoms. The first kappa shape index (κ1) is 11.3. The van der Waals surface area contributed by atoms with Crippen LogP contribution >= 0.6 is 0 Å². The van der Waals surface area contributed by atoms with Crippen LogP contribution in [0.4, 0.5) is 0 Å². The summed E-state index contributed by atoms with van der Waals surface area (Å²) in [5.74, 6) is 7.49. The van der Waals surface area contributed by atoms with Crippen molar-refractivity contribution in [3.63, 3.8) is 0 Å². The number of rotatable bonds is 0. The monoisotopic (exact) mass is 268 g/mol. The van der Waals surface area contributed by atoms with Gasteiger partial charge in [0.15, 0.2) is 0 Å². The fourth-order valence-electron chi connectivity index (χ4n) is 9.68. The van der Waals surface area contributed by atoms with E-state index in [0.29, 0.717) is 5.41 Å². The number of fused-ring (bicyclic) bond motifs is 16. The van der Waals surface area contributed by atoms with Gasteiger partial charge in [0, 0.05) is 0 Å². The Morgan fingerprint density at radius 1 is 0.900 bits per heavy atom. The van der Waals surface area contributed by atoms with E-state index < -0.39 is 0 Å². The van der Waals surface area contributed by atoms with E-state index >= 15 is 0 Å². The molecule has 0 N–H and O–H groups in total. The molecule has 0 aliphatic heterocycles. The Morgan fingerprint density at radius 2 is 1.75 bits per heavy atom. The highest BCUT2D eigenvalue weighted by Gasteiger charge is 2.78. The van der Waals surface area contributed by atoms with Gasteiger partial charge in [-0.3, -0.25) is 0 Å². The number of hydrogen-bond donors (Lipinski definition) is 0. The van der Waals surface area contributed by atoms with E-state index in [1.165, 1.54) is 6.42 Å². The maximum absolute atomic E-state index is 2.73. The third-order valence-corrected chi connectivity index (χ3v) is 9.64. The van der Waals surface area contributed by atoms with Gasteiger partial charge in [0.2, 0.25) is 0 Å². The maximum Gasteiger partial charge on any atom is -0.0107 e.